The molecule has 0 aromatic heterocycles. The summed E-state index contributed by atoms with van der Waals surface area (Å²) < 4.78 is 18.4. The fourth-order valence-electron chi connectivity index (χ4n) is 2.93. The smallest absolute Gasteiger partial charge is 0.186 e. The third-order valence-electron chi connectivity index (χ3n) is 4.47. The van der Waals surface area contributed by atoms with Crippen molar-refractivity contribution in [1.29, 1.82) is 0 Å². The van der Waals surface area contributed by atoms with Crippen molar-refractivity contribution in [2.24, 2.45) is 0 Å². The van der Waals surface area contributed by atoms with Gasteiger partial charge in [0.2, 0.25) is 0 Å². The number of rotatable bonds is 11. The van der Waals surface area contributed by atoms with Crippen LogP contribution in [0.1, 0.15) is 25.8 Å². The van der Waals surface area contributed by atoms with Gasteiger partial charge in [0.05, 0.1) is 12.8 Å². The Morgan fingerprint density at radius 2 is 2.13 bits per heavy atom. The highest BCUT2D eigenvalue weighted by Crippen LogP contribution is 2.19. The minimum Gasteiger partial charge on any atom is -0.503 e. The molecule has 1 fully saturated rings. The highest BCUT2D eigenvalue weighted by Gasteiger charge is 2.31. The second kappa shape index (κ2) is 12.4. The Hall–Kier alpha value is -2.30. The Morgan fingerprint density at radius 3 is 2.80 bits per heavy atom. The Labute approximate surface area is 176 Å². The van der Waals surface area contributed by atoms with Crippen molar-refractivity contribution in [1.82, 2.24) is 20.7 Å². The molecular weight excluding hydrogens is 391 g/mol. The molecular formula is C21H31FN4O4. The van der Waals surface area contributed by atoms with E-state index < -0.39 is 12.0 Å². The van der Waals surface area contributed by atoms with Crippen LogP contribution in [0.3, 0.4) is 0 Å². The number of nitrogens with zero attached hydrogens (tertiary/aromatic N) is 2. The predicted octanol–water partition coefficient (Wildman–Crippen LogP) is 1.61. The molecule has 4 N–H and O–H groups in total. The summed E-state index contributed by atoms with van der Waals surface area (Å²) in [5.41, 5.74) is 4.07. The molecule has 1 aliphatic heterocycles. The van der Waals surface area contributed by atoms with E-state index in [4.69, 9.17) is 4.74 Å². The lowest BCUT2D eigenvalue weighted by Crippen LogP contribution is -2.56. The molecule has 1 heterocycles. The average Bonchev–Trinajstić information content (AvgIpc) is 2.73. The van der Waals surface area contributed by atoms with Crippen LogP contribution in [0.2, 0.25) is 0 Å². The molecule has 2 rings (SSSR count). The summed E-state index contributed by atoms with van der Waals surface area (Å²) >= 11 is 0. The molecule has 1 aromatic carbocycles. The van der Waals surface area contributed by atoms with Gasteiger partial charge < -0.3 is 20.3 Å². The van der Waals surface area contributed by atoms with Crippen LogP contribution in [0.25, 0.3) is 0 Å². The van der Waals surface area contributed by atoms with Gasteiger partial charge in [-0.1, -0.05) is 18.2 Å². The molecule has 1 aliphatic rings. The number of aldehydes is 1. The minimum atomic E-state index is -1.13. The third-order valence-corrected chi connectivity index (χ3v) is 4.47. The standard InChI is InChI=1S/C21H31FN4O4/c1-16(2)30-12-4-10-25-15-24-26(20(21(25)29)19(28)14-27)11-3-9-23-13-17-5-7-18(22)8-6-17/h3,5-8,11,14,16,21,23-24,28-29H,4,9-10,12-13,15H2,1-2H3/b11-3+,20-19+. The highest BCUT2D eigenvalue weighted by molar-refractivity contribution is 5.71. The number of carbonyl (C=O) groups is 1. The van der Waals surface area contributed by atoms with Crippen LogP contribution in [-0.2, 0) is 16.1 Å². The maximum absolute atomic E-state index is 12.9. The molecule has 0 bridgehead atoms. The summed E-state index contributed by atoms with van der Waals surface area (Å²) in [6.45, 7) is 6.41. The van der Waals surface area contributed by atoms with E-state index in [1.807, 2.05) is 13.8 Å². The van der Waals surface area contributed by atoms with Crippen molar-refractivity contribution in [3.8, 4) is 0 Å². The van der Waals surface area contributed by atoms with Crippen LogP contribution < -0.4 is 10.7 Å². The van der Waals surface area contributed by atoms with Gasteiger partial charge in [0.25, 0.3) is 0 Å². The van der Waals surface area contributed by atoms with Crippen molar-refractivity contribution in [3.63, 3.8) is 0 Å². The van der Waals surface area contributed by atoms with E-state index in [0.717, 1.165) is 5.56 Å². The van der Waals surface area contributed by atoms with Gasteiger partial charge in [-0.15, -0.1) is 0 Å². The summed E-state index contributed by atoms with van der Waals surface area (Å²) in [6, 6.07) is 6.23. The summed E-state index contributed by atoms with van der Waals surface area (Å²) in [7, 11) is 0. The zero-order valence-corrected chi connectivity index (χ0v) is 17.4. The first-order valence-electron chi connectivity index (χ1n) is 9.99. The molecule has 0 amide bonds. The summed E-state index contributed by atoms with van der Waals surface area (Å²) in [4.78, 5) is 12.8. The lowest BCUT2D eigenvalue weighted by molar-refractivity contribution is -0.108. The number of aliphatic hydroxyl groups excluding tert-OH is 2. The van der Waals surface area contributed by atoms with Gasteiger partial charge in [0.15, 0.2) is 18.3 Å². The first-order valence-corrected chi connectivity index (χ1v) is 9.99. The van der Waals surface area contributed by atoms with Crippen LogP contribution in [0, 0.1) is 5.82 Å². The molecule has 1 saturated heterocycles. The zero-order valence-electron chi connectivity index (χ0n) is 17.4. The number of ether oxygens (including phenoxy) is 1. The first kappa shape index (κ1) is 24.0. The van der Waals surface area contributed by atoms with Crippen LogP contribution in [0.15, 0.2) is 48.0 Å². The molecule has 8 nitrogen and oxygen atoms in total. The predicted molar refractivity (Wildman–Crippen MR) is 111 cm³/mol. The maximum atomic E-state index is 12.9. The van der Waals surface area contributed by atoms with Crippen LogP contribution >= 0.6 is 0 Å². The number of hydrazine groups is 1. The lowest BCUT2D eigenvalue weighted by atomic mass is 10.2. The number of carbonyl (C=O) groups excluding carboxylic acids is 1. The van der Waals surface area contributed by atoms with E-state index in [9.17, 15) is 19.4 Å². The average molecular weight is 423 g/mol. The Kier molecular flexibility index (Phi) is 9.92. The minimum absolute atomic E-state index is 0.0656. The van der Waals surface area contributed by atoms with Gasteiger partial charge in [-0.3, -0.25) is 14.7 Å². The molecule has 0 saturated carbocycles. The summed E-state index contributed by atoms with van der Waals surface area (Å²) in [6.07, 6.45) is 3.44. The fourth-order valence-corrected chi connectivity index (χ4v) is 2.93. The molecule has 9 heteroatoms. The number of halogens is 1. The van der Waals surface area contributed by atoms with Gasteiger partial charge in [-0.25, -0.2) is 9.82 Å². The van der Waals surface area contributed by atoms with E-state index in [-0.39, 0.29) is 17.6 Å². The van der Waals surface area contributed by atoms with E-state index in [1.54, 1.807) is 29.3 Å². The number of allylic oxidation sites excluding steroid dienone is 1. The molecule has 0 radical (unpaired) electrons. The number of benzene rings is 1. The van der Waals surface area contributed by atoms with Crippen molar-refractivity contribution in [3.05, 3.63) is 59.4 Å². The molecule has 0 spiro atoms. The first-order chi connectivity index (χ1) is 14.4. The summed E-state index contributed by atoms with van der Waals surface area (Å²) in [5, 5.41) is 25.3. The Bertz CT molecular complexity index is 724. The van der Waals surface area contributed by atoms with Gasteiger partial charge >= 0.3 is 0 Å². The molecule has 1 aromatic rings. The third kappa shape index (κ3) is 7.51. The second-order valence-corrected chi connectivity index (χ2v) is 7.18. The number of hydrogen-bond donors (Lipinski definition) is 4. The Morgan fingerprint density at radius 1 is 1.40 bits per heavy atom. The largest absolute Gasteiger partial charge is 0.503 e. The fraction of sp³-hybridized carbons (Fsp3) is 0.476. The van der Waals surface area contributed by atoms with E-state index >= 15 is 0 Å². The number of hydrogen-bond acceptors (Lipinski definition) is 8. The summed E-state index contributed by atoms with van der Waals surface area (Å²) in [5.74, 6) is -0.814. The van der Waals surface area contributed by atoms with Crippen LogP contribution in [-0.4, -0.2) is 65.1 Å². The van der Waals surface area contributed by atoms with Crippen LogP contribution in [0.5, 0.6) is 0 Å². The van der Waals surface area contributed by atoms with Crippen LogP contribution in [0.4, 0.5) is 4.39 Å². The topological polar surface area (TPSA) is 97.3 Å². The lowest BCUT2D eigenvalue weighted by Gasteiger charge is -2.40. The van der Waals surface area contributed by atoms with Gasteiger partial charge in [0, 0.05) is 32.4 Å². The van der Waals surface area contributed by atoms with Crippen molar-refractivity contribution < 1.29 is 24.1 Å². The van der Waals surface area contributed by atoms with E-state index in [1.165, 1.54) is 17.1 Å². The zero-order chi connectivity index (χ0) is 21.9. The molecule has 1 unspecified atom stereocenters. The molecule has 1 atom stereocenters. The molecule has 166 valence electrons. The maximum Gasteiger partial charge on any atom is 0.186 e. The SMILES string of the molecule is CC(C)OCCCN1CNN(/C=C/CNCc2ccc(F)cc2)/C(=C(/O)C=O)C1O. The number of nitrogens with one attached hydrogen (secondary N) is 2. The van der Waals surface area contributed by atoms with Crippen molar-refractivity contribution in [2.75, 3.05) is 26.4 Å². The van der Waals surface area contributed by atoms with Crippen molar-refractivity contribution in [2.45, 2.75) is 39.1 Å². The normalized spacial score (nSPS) is 19.6. The highest BCUT2D eigenvalue weighted by atomic mass is 19.1. The van der Waals surface area contributed by atoms with Crippen molar-refractivity contribution >= 4 is 6.29 Å². The number of aliphatic hydroxyl groups is 2. The monoisotopic (exact) mass is 422 g/mol. The van der Waals surface area contributed by atoms with Gasteiger partial charge in [-0.2, -0.15) is 0 Å². The molecule has 0 aliphatic carbocycles. The Balaban J connectivity index is 1.88. The van der Waals surface area contributed by atoms with Gasteiger partial charge in [-0.05, 0) is 38.0 Å². The van der Waals surface area contributed by atoms with E-state index in [0.29, 0.717) is 45.6 Å². The molecule has 30 heavy (non-hydrogen) atoms. The second-order valence-electron chi connectivity index (χ2n) is 7.18. The van der Waals surface area contributed by atoms with Gasteiger partial charge in [0.1, 0.15) is 11.5 Å². The van der Waals surface area contributed by atoms with E-state index in [2.05, 4.69) is 10.7 Å². The quantitative estimate of drug-likeness (QED) is 0.185.